The first-order chi connectivity index (χ1) is 16.5. The molecule has 0 heterocycles. The number of amides is 1. The summed E-state index contributed by atoms with van der Waals surface area (Å²) in [4.78, 5) is 38.4. The minimum Gasteiger partial charge on any atom is -0.508 e. The van der Waals surface area contributed by atoms with Crippen LogP contribution in [-0.4, -0.2) is 49.5 Å². The molecule has 0 bridgehead atoms. The fourth-order valence-electron chi connectivity index (χ4n) is 5.78. The van der Waals surface area contributed by atoms with Crippen LogP contribution in [0.15, 0.2) is 59.4 Å². The highest BCUT2D eigenvalue weighted by Gasteiger charge is 2.64. The number of nitrogens with two attached hydrogens (primary N) is 2. The van der Waals surface area contributed by atoms with Crippen LogP contribution < -0.4 is 11.5 Å². The van der Waals surface area contributed by atoms with Gasteiger partial charge >= 0.3 is 0 Å². The van der Waals surface area contributed by atoms with Gasteiger partial charge in [0.2, 0.25) is 5.78 Å². The van der Waals surface area contributed by atoms with Crippen LogP contribution in [0, 0.1) is 17.7 Å². The van der Waals surface area contributed by atoms with E-state index in [0.717, 1.165) is 0 Å². The second-order valence-corrected chi connectivity index (χ2v) is 9.05. The molecule has 0 saturated heterocycles. The number of ketones is 2. The fraction of sp³-hybridized carbons (Fsp3) is 0.240. The molecule has 1 fully saturated rings. The predicted octanol–water partition coefficient (Wildman–Crippen LogP) is 1.09. The maximum Gasteiger partial charge on any atom is 0.255 e. The Bertz CT molecular complexity index is 1380. The van der Waals surface area contributed by atoms with Crippen molar-refractivity contribution in [1.29, 1.82) is 0 Å². The van der Waals surface area contributed by atoms with Gasteiger partial charge < -0.3 is 31.9 Å². The number of Topliss-reactive ketones (excluding diaryl/α,β-unsaturated/α-hetero) is 2. The molecule has 1 amide bonds. The number of aromatic hydroxyl groups is 1. The number of phenols is 1. The molecule has 0 aliphatic heterocycles. The normalized spacial score (nSPS) is 30.0. The van der Waals surface area contributed by atoms with Crippen LogP contribution in [0.2, 0.25) is 0 Å². The van der Waals surface area contributed by atoms with E-state index in [1.165, 1.54) is 30.3 Å². The number of aliphatic hydroxyl groups excluding tert-OH is 2. The van der Waals surface area contributed by atoms with E-state index < -0.39 is 69.8 Å². The van der Waals surface area contributed by atoms with Gasteiger partial charge in [-0.2, -0.15) is 0 Å². The Balaban J connectivity index is 1.80. The summed E-state index contributed by atoms with van der Waals surface area (Å²) in [5.41, 5.74) is 8.11. The van der Waals surface area contributed by atoms with Crippen molar-refractivity contribution in [2.45, 2.75) is 24.0 Å². The van der Waals surface area contributed by atoms with E-state index in [1.807, 2.05) is 0 Å². The zero-order valence-corrected chi connectivity index (χ0v) is 18.1. The van der Waals surface area contributed by atoms with Crippen LogP contribution in [0.25, 0.3) is 5.76 Å². The van der Waals surface area contributed by atoms with Crippen molar-refractivity contribution < 1.29 is 39.2 Å². The third kappa shape index (κ3) is 2.90. The Kier molecular flexibility index (Phi) is 4.87. The highest BCUT2D eigenvalue weighted by Crippen LogP contribution is 2.56. The maximum atomic E-state index is 13.8. The summed E-state index contributed by atoms with van der Waals surface area (Å²) in [6.45, 7) is 0. The molecule has 2 aromatic carbocycles. The number of carbonyl (C=O) groups excluding carboxylic acids is 3. The van der Waals surface area contributed by atoms with E-state index in [-0.39, 0.29) is 23.3 Å². The molecule has 0 aromatic heterocycles. The number of fused-ring (bicyclic) bond motifs is 3. The summed E-state index contributed by atoms with van der Waals surface area (Å²) < 4.78 is 13.7. The van der Waals surface area contributed by atoms with E-state index >= 15 is 0 Å². The van der Waals surface area contributed by atoms with Crippen LogP contribution >= 0.6 is 0 Å². The summed E-state index contributed by atoms with van der Waals surface area (Å²) in [6.07, 6.45) is -0.165. The lowest BCUT2D eigenvalue weighted by atomic mass is 9.55. The average molecular weight is 480 g/mol. The lowest BCUT2D eigenvalue weighted by molar-refractivity contribution is -0.149. The molecule has 1 saturated carbocycles. The minimum absolute atomic E-state index is 0.0572. The van der Waals surface area contributed by atoms with Crippen molar-refractivity contribution in [3.8, 4) is 5.75 Å². The molecular formula is C25H21FN2O7. The second kappa shape index (κ2) is 7.49. The zero-order chi connectivity index (χ0) is 25.4. The fourth-order valence-corrected chi connectivity index (χ4v) is 5.78. The van der Waals surface area contributed by atoms with Crippen LogP contribution in [-0.2, 0) is 14.4 Å². The molecule has 8 N–H and O–H groups in total. The third-order valence-electron chi connectivity index (χ3n) is 7.37. The van der Waals surface area contributed by atoms with E-state index in [0.29, 0.717) is 11.1 Å². The van der Waals surface area contributed by atoms with Gasteiger partial charge in [-0.05, 0) is 35.7 Å². The van der Waals surface area contributed by atoms with Gasteiger partial charge in [0.05, 0.1) is 11.6 Å². The molecule has 180 valence electrons. The number of carbonyl (C=O) groups is 3. The summed E-state index contributed by atoms with van der Waals surface area (Å²) >= 11 is 0. The van der Waals surface area contributed by atoms with Crippen molar-refractivity contribution in [3.63, 3.8) is 0 Å². The van der Waals surface area contributed by atoms with Gasteiger partial charge in [0, 0.05) is 23.3 Å². The van der Waals surface area contributed by atoms with E-state index in [4.69, 9.17) is 11.5 Å². The molecule has 5 atom stereocenters. The average Bonchev–Trinajstić information content (AvgIpc) is 2.80. The Morgan fingerprint density at radius 1 is 1.06 bits per heavy atom. The number of phenolic OH excluding ortho intramolecular Hbond substituents is 1. The number of halogens is 1. The smallest absolute Gasteiger partial charge is 0.255 e. The lowest BCUT2D eigenvalue weighted by Crippen LogP contribution is -2.65. The molecule has 2 aromatic rings. The van der Waals surface area contributed by atoms with Crippen LogP contribution in [0.4, 0.5) is 4.39 Å². The first kappa shape index (κ1) is 22.8. The van der Waals surface area contributed by atoms with Crippen molar-refractivity contribution >= 4 is 23.2 Å². The predicted molar refractivity (Wildman–Crippen MR) is 119 cm³/mol. The molecule has 3 aliphatic carbocycles. The molecule has 5 rings (SSSR count). The standard InChI is InChI=1S/C25H21FN2O7/c26-10-6-4-9(5-7-10)15-11-2-1-3-14(29)16(11)20(30)17-12(15)8-13-19(27)21(31)18(24(28)34)23(33)25(13,35)22(17)32/h1-7,12-13,15,19,29-30,33,35H,8,27H2,(H2,28,34)/t12-,13+,15+,19+,25+/m1/s1. The molecule has 0 unspecified atom stereocenters. The van der Waals surface area contributed by atoms with Gasteiger partial charge in [0.1, 0.15) is 28.7 Å². The topological polar surface area (TPSA) is 184 Å². The van der Waals surface area contributed by atoms with Crippen LogP contribution in [0.5, 0.6) is 5.75 Å². The summed E-state index contributed by atoms with van der Waals surface area (Å²) in [6, 6.07) is 8.37. The Morgan fingerprint density at radius 2 is 1.71 bits per heavy atom. The molecule has 9 nitrogen and oxygen atoms in total. The quantitative estimate of drug-likeness (QED) is 0.345. The largest absolute Gasteiger partial charge is 0.508 e. The van der Waals surface area contributed by atoms with Gasteiger partial charge in [-0.1, -0.05) is 24.3 Å². The maximum absolute atomic E-state index is 13.8. The Hall–Kier alpha value is -4.02. The number of hydrogen-bond donors (Lipinski definition) is 6. The summed E-state index contributed by atoms with van der Waals surface area (Å²) in [5, 5.41) is 43.9. The highest BCUT2D eigenvalue weighted by molar-refractivity contribution is 6.24. The van der Waals surface area contributed by atoms with Crippen molar-refractivity contribution in [1.82, 2.24) is 0 Å². The molecule has 0 spiro atoms. The molecule has 35 heavy (non-hydrogen) atoms. The third-order valence-corrected chi connectivity index (χ3v) is 7.37. The highest BCUT2D eigenvalue weighted by atomic mass is 19.1. The van der Waals surface area contributed by atoms with Gasteiger partial charge in [-0.3, -0.25) is 14.4 Å². The molecular weight excluding hydrogens is 459 g/mol. The first-order valence-electron chi connectivity index (χ1n) is 10.8. The van der Waals surface area contributed by atoms with Gasteiger partial charge in [-0.25, -0.2) is 4.39 Å². The number of rotatable bonds is 2. The van der Waals surface area contributed by atoms with E-state index in [9.17, 15) is 39.2 Å². The number of benzene rings is 2. The Labute approximate surface area is 197 Å². The lowest BCUT2D eigenvalue weighted by Gasteiger charge is -2.50. The second-order valence-electron chi connectivity index (χ2n) is 9.05. The zero-order valence-electron chi connectivity index (χ0n) is 18.1. The van der Waals surface area contributed by atoms with Crippen molar-refractivity contribution in [2.75, 3.05) is 0 Å². The SMILES string of the molecule is NC(=O)C1=C(O)[C@@]2(O)C(=O)C3=C(O)c4c(O)cccc4[C@H](c4ccc(F)cc4)[C@H]3C[C@H]2[C@H](N)C1=O. The van der Waals surface area contributed by atoms with Gasteiger partial charge in [0.15, 0.2) is 11.4 Å². The first-order valence-corrected chi connectivity index (χ1v) is 10.8. The van der Waals surface area contributed by atoms with Crippen LogP contribution in [0.1, 0.15) is 29.0 Å². The van der Waals surface area contributed by atoms with E-state index in [1.54, 1.807) is 12.1 Å². The number of hydrogen-bond acceptors (Lipinski definition) is 8. The van der Waals surface area contributed by atoms with E-state index in [2.05, 4.69) is 0 Å². The van der Waals surface area contributed by atoms with Crippen LogP contribution in [0.3, 0.4) is 0 Å². The van der Waals surface area contributed by atoms with Gasteiger partial charge in [0.25, 0.3) is 5.91 Å². The molecule has 3 aliphatic rings. The molecule has 10 heteroatoms. The van der Waals surface area contributed by atoms with Gasteiger partial charge in [-0.15, -0.1) is 0 Å². The minimum atomic E-state index is -2.80. The monoisotopic (exact) mass is 480 g/mol. The summed E-state index contributed by atoms with van der Waals surface area (Å²) in [5.74, 6) is -9.14. The number of aliphatic hydroxyl groups is 3. The van der Waals surface area contributed by atoms with Crippen molar-refractivity contribution in [3.05, 3.63) is 81.9 Å². The van der Waals surface area contributed by atoms with Crippen molar-refractivity contribution in [2.24, 2.45) is 23.3 Å². The number of primary amides is 1. The summed E-state index contributed by atoms with van der Waals surface area (Å²) in [7, 11) is 0. The Morgan fingerprint density at radius 3 is 2.34 bits per heavy atom. The molecule has 0 radical (unpaired) electrons.